The number of allylic oxidation sites excluding steroid dienone is 4. The Balaban J connectivity index is 1.98. The van der Waals surface area contributed by atoms with Gasteiger partial charge in [0, 0.05) is 5.92 Å². The van der Waals surface area contributed by atoms with Gasteiger partial charge in [-0.05, 0) is 35.6 Å². The highest BCUT2D eigenvalue weighted by Gasteiger charge is 2.20. The molecule has 0 N–H and O–H groups in total. The monoisotopic (exact) mass is 272 g/mol. The van der Waals surface area contributed by atoms with Gasteiger partial charge < -0.3 is 0 Å². The Bertz CT molecular complexity index is 702. The average molecular weight is 272 g/mol. The summed E-state index contributed by atoms with van der Waals surface area (Å²) in [6, 6.07) is 19.2. The molecular formula is C21H20. The zero-order chi connectivity index (χ0) is 14.7. The summed E-state index contributed by atoms with van der Waals surface area (Å²) in [5.41, 5.74) is 6.77. The van der Waals surface area contributed by atoms with Crippen LogP contribution < -0.4 is 0 Å². The van der Waals surface area contributed by atoms with Gasteiger partial charge in [0.05, 0.1) is 0 Å². The molecule has 1 aliphatic rings. The normalized spacial score (nSPS) is 17.9. The van der Waals surface area contributed by atoms with Crippen molar-refractivity contribution in [1.29, 1.82) is 0 Å². The van der Waals surface area contributed by atoms with Gasteiger partial charge in [0.2, 0.25) is 0 Å². The summed E-state index contributed by atoms with van der Waals surface area (Å²) in [4.78, 5) is 0. The van der Waals surface area contributed by atoms with Gasteiger partial charge in [-0.1, -0.05) is 85.0 Å². The fourth-order valence-corrected chi connectivity index (χ4v) is 3.03. The van der Waals surface area contributed by atoms with Crippen LogP contribution >= 0.6 is 0 Å². The Hall–Kier alpha value is -2.34. The van der Waals surface area contributed by atoms with E-state index in [9.17, 15) is 0 Å². The SMILES string of the molecule is C=Cc1ccccc1C1CC(c2ccccc2)=CC=C1C. The summed E-state index contributed by atoms with van der Waals surface area (Å²) < 4.78 is 0. The quantitative estimate of drug-likeness (QED) is 0.657. The molecule has 2 aromatic rings. The summed E-state index contributed by atoms with van der Waals surface area (Å²) in [6.07, 6.45) is 7.54. The first-order valence-electron chi connectivity index (χ1n) is 7.43. The minimum atomic E-state index is 0.444. The molecule has 2 aromatic carbocycles. The molecule has 0 bridgehead atoms. The molecule has 0 heterocycles. The third-order valence-corrected chi connectivity index (χ3v) is 4.26. The molecule has 0 saturated heterocycles. The average Bonchev–Trinajstić information content (AvgIpc) is 2.56. The van der Waals surface area contributed by atoms with Crippen molar-refractivity contribution >= 4 is 11.6 Å². The van der Waals surface area contributed by atoms with Crippen molar-refractivity contribution in [2.24, 2.45) is 0 Å². The number of benzene rings is 2. The van der Waals surface area contributed by atoms with Crippen molar-refractivity contribution in [2.75, 3.05) is 0 Å². The van der Waals surface area contributed by atoms with Crippen LogP contribution in [0.4, 0.5) is 0 Å². The lowest BCUT2D eigenvalue weighted by Gasteiger charge is -2.25. The predicted octanol–water partition coefficient (Wildman–Crippen LogP) is 5.85. The molecule has 3 rings (SSSR count). The van der Waals surface area contributed by atoms with Gasteiger partial charge >= 0.3 is 0 Å². The minimum Gasteiger partial charge on any atom is -0.0985 e. The van der Waals surface area contributed by atoms with Crippen LogP contribution in [0.3, 0.4) is 0 Å². The zero-order valence-electron chi connectivity index (χ0n) is 12.4. The Morgan fingerprint density at radius 2 is 1.67 bits per heavy atom. The molecule has 0 fully saturated rings. The predicted molar refractivity (Wildman–Crippen MR) is 92.1 cm³/mol. The third-order valence-electron chi connectivity index (χ3n) is 4.26. The summed E-state index contributed by atoms with van der Waals surface area (Å²) in [6.45, 7) is 6.18. The van der Waals surface area contributed by atoms with Crippen LogP contribution in [0.1, 0.15) is 36.0 Å². The summed E-state index contributed by atoms with van der Waals surface area (Å²) >= 11 is 0. The van der Waals surface area contributed by atoms with Crippen molar-refractivity contribution < 1.29 is 0 Å². The van der Waals surface area contributed by atoms with Crippen molar-refractivity contribution in [2.45, 2.75) is 19.3 Å². The summed E-state index contributed by atoms with van der Waals surface area (Å²) in [5.74, 6) is 0.444. The van der Waals surface area contributed by atoms with Gasteiger partial charge in [-0.15, -0.1) is 0 Å². The molecule has 0 aromatic heterocycles. The highest BCUT2D eigenvalue weighted by molar-refractivity contribution is 5.71. The second-order valence-corrected chi connectivity index (χ2v) is 5.56. The molecule has 1 unspecified atom stereocenters. The van der Waals surface area contributed by atoms with Gasteiger partial charge in [-0.3, -0.25) is 0 Å². The largest absolute Gasteiger partial charge is 0.0985 e. The van der Waals surface area contributed by atoms with Crippen LogP contribution in [0, 0.1) is 0 Å². The number of rotatable bonds is 3. The van der Waals surface area contributed by atoms with Gasteiger partial charge in [0.1, 0.15) is 0 Å². The van der Waals surface area contributed by atoms with Crippen LogP contribution in [-0.4, -0.2) is 0 Å². The molecule has 1 aliphatic carbocycles. The maximum Gasteiger partial charge on any atom is 0.00950 e. The molecule has 1 atom stereocenters. The highest BCUT2D eigenvalue weighted by Crippen LogP contribution is 2.39. The van der Waals surface area contributed by atoms with E-state index in [1.165, 1.54) is 27.8 Å². The molecular weight excluding hydrogens is 252 g/mol. The molecule has 0 heteroatoms. The van der Waals surface area contributed by atoms with Gasteiger partial charge in [-0.2, -0.15) is 0 Å². The van der Waals surface area contributed by atoms with E-state index in [-0.39, 0.29) is 0 Å². The molecule has 0 spiro atoms. The highest BCUT2D eigenvalue weighted by atomic mass is 14.2. The zero-order valence-corrected chi connectivity index (χ0v) is 12.4. The molecule has 21 heavy (non-hydrogen) atoms. The minimum absolute atomic E-state index is 0.444. The molecule has 104 valence electrons. The first kappa shape index (κ1) is 13.6. The van der Waals surface area contributed by atoms with Gasteiger partial charge in [-0.25, -0.2) is 0 Å². The van der Waals surface area contributed by atoms with E-state index in [1.54, 1.807) is 0 Å². The fraction of sp³-hybridized carbons (Fsp3) is 0.143. The van der Waals surface area contributed by atoms with Gasteiger partial charge in [0.15, 0.2) is 0 Å². The Morgan fingerprint density at radius 3 is 2.43 bits per heavy atom. The van der Waals surface area contributed by atoms with Crippen LogP contribution in [0.25, 0.3) is 11.6 Å². The van der Waals surface area contributed by atoms with E-state index in [0.717, 1.165) is 6.42 Å². The molecule has 0 nitrogen and oxygen atoms in total. The van der Waals surface area contributed by atoms with Crippen molar-refractivity contribution in [1.82, 2.24) is 0 Å². The Kier molecular flexibility index (Phi) is 3.87. The van der Waals surface area contributed by atoms with Crippen molar-refractivity contribution in [3.05, 3.63) is 95.6 Å². The van der Waals surface area contributed by atoms with Crippen molar-refractivity contribution in [3.8, 4) is 0 Å². The standard InChI is InChI=1S/C21H20/c1-3-17-9-7-8-12-20(17)21-15-19(14-13-16(21)2)18-10-5-4-6-11-18/h3-14,21H,1,15H2,2H3. The maximum absolute atomic E-state index is 3.95. The van der Waals surface area contributed by atoms with E-state index in [2.05, 4.69) is 80.3 Å². The van der Waals surface area contributed by atoms with Crippen LogP contribution in [0.2, 0.25) is 0 Å². The van der Waals surface area contributed by atoms with E-state index in [0.29, 0.717) is 5.92 Å². The lowest BCUT2D eigenvalue weighted by molar-refractivity contribution is 0.808. The molecule has 0 amide bonds. The van der Waals surface area contributed by atoms with Crippen LogP contribution in [0.5, 0.6) is 0 Å². The van der Waals surface area contributed by atoms with Crippen LogP contribution in [-0.2, 0) is 0 Å². The van der Waals surface area contributed by atoms with Crippen molar-refractivity contribution in [3.63, 3.8) is 0 Å². The molecule has 0 aliphatic heterocycles. The fourth-order valence-electron chi connectivity index (χ4n) is 3.03. The lowest BCUT2D eigenvalue weighted by Crippen LogP contribution is -2.07. The smallest absolute Gasteiger partial charge is 0.00950 e. The van der Waals surface area contributed by atoms with E-state index >= 15 is 0 Å². The summed E-state index contributed by atoms with van der Waals surface area (Å²) in [7, 11) is 0. The first-order valence-corrected chi connectivity index (χ1v) is 7.43. The lowest BCUT2D eigenvalue weighted by atomic mass is 9.79. The van der Waals surface area contributed by atoms with E-state index in [4.69, 9.17) is 0 Å². The second-order valence-electron chi connectivity index (χ2n) is 5.56. The number of hydrogen-bond acceptors (Lipinski definition) is 0. The Labute approximate surface area is 127 Å². The number of hydrogen-bond donors (Lipinski definition) is 0. The maximum atomic E-state index is 3.95. The second kappa shape index (κ2) is 5.97. The van der Waals surface area contributed by atoms with Crippen LogP contribution in [0.15, 0.2) is 78.9 Å². The Morgan fingerprint density at radius 1 is 0.952 bits per heavy atom. The molecule has 0 radical (unpaired) electrons. The summed E-state index contributed by atoms with van der Waals surface area (Å²) in [5, 5.41) is 0. The first-order chi connectivity index (χ1) is 10.3. The molecule has 0 saturated carbocycles. The topological polar surface area (TPSA) is 0 Å². The third kappa shape index (κ3) is 2.75. The van der Waals surface area contributed by atoms with E-state index in [1.807, 2.05) is 6.08 Å². The van der Waals surface area contributed by atoms with Gasteiger partial charge in [0.25, 0.3) is 0 Å². The van der Waals surface area contributed by atoms with E-state index < -0.39 is 0 Å².